The number of fused-ring (bicyclic) bond motifs is 1. The molecule has 0 saturated carbocycles. The molecule has 1 N–H and O–H groups in total. The molecular formula is C17H14Br2N2O3. The molecular weight excluding hydrogens is 440 g/mol. The quantitative estimate of drug-likeness (QED) is 0.570. The Morgan fingerprint density at radius 2 is 1.92 bits per heavy atom. The summed E-state index contributed by atoms with van der Waals surface area (Å²) in [7, 11) is 1.37. The highest BCUT2D eigenvalue weighted by Crippen LogP contribution is 2.38. The van der Waals surface area contributed by atoms with E-state index >= 15 is 0 Å². The lowest BCUT2D eigenvalue weighted by Gasteiger charge is -2.12. The predicted octanol–water partition coefficient (Wildman–Crippen LogP) is 4.90. The van der Waals surface area contributed by atoms with Crippen molar-refractivity contribution in [2.45, 2.75) is 13.3 Å². The van der Waals surface area contributed by atoms with Gasteiger partial charge in [0.2, 0.25) is 0 Å². The number of halogens is 2. The van der Waals surface area contributed by atoms with Crippen LogP contribution in [0.25, 0.3) is 11.0 Å². The molecule has 24 heavy (non-hydrogen) atoms. The number of aromatic nitrogens is 2. The number of carbonyl (C=O) groups excluding carboxylic acids is 1. The molecule has 0 aliphatic heterocycles. The number of aryl methyl sites for hydroxylation is 1. The fraction of sp³-hybridized carbons (Fsp3) is 0.176. The van der Waals surface area contributed by atoms with Gasteiger partial charge in [0, 0.05) is 6.07 Å². The van der Waals surface area contributed by atoms with Gasteiger partial charge in [-0.05, 0) is 68.6 Å². The van der Waals surface area contributed by atoms with Crippen molar-refractivity contribution in [3.63, 3.8) is 0 Å². The highest BCUT2D eigenvalue weighted by molar-refractivity contribution is 9.11. The second-order valence-electron chi connectivity index (χ2n) is 5.24. The molecule has 1 heterocycles. The number of aromatic amines is 1. The Hall–Kier alpha value is -1.86. The third-order valence-electron chi connectivity index (χ3n) is 3.43. The van der Waals surface area contributed by atoms with Gasteiger partial charge in [-0.2, -0.15) is 0 Å². The van der Waals surface area contributed by atoms with Crippen molar-refractivity contribution in [3.8, 4) is 11.5 Å². The van der Waals surface area contributed by atoms with Crippen LogP contribution in [-0.2, 0) is 16.0 Å². The van der Waals surface area contributed by atoms with E-state index in [4.69, 9.17) is 9.47 Å². The fourth-order valence-electron chi connectivity index (χ4n) is 2.35. The van der Waals surface area contributed by atoms with Crippen molar-refractivity contribution >= 4 is 48.9 Å². The number of nitrogens with one attached hydrogen (secondary N) is 1. The Kier molecular flexibility index (Phi) is 4.91. The van der Waals surface area contributed by atoms with Gasteiger partial charge in [-0.3, -0.25) is 4.79 Å². The normalized spacial score (nSPS) is 10.8. The Labute approximate surface area is 155 Å². The van der Waals surface area contributed by atoms with E-state index in [0.29, 0.717) is 11.5 Å². The number of imidazole rings is 1. The Balaban J connectivity index is 1.89. The SMILES string of the molecule is COC(=O)Cc1cc(Br)c(Oc2ccc3nc(C)[nH]c3c2)c(Br)c1. The van der Waals surface area contributed by atoms with Crippen molar-refractivity contribution < 1.29 is 14.3 Å². The lowest BCUT2D eigenvalue weighted by molar-refractivity contribution is -0.139. The van der Waals surface area contributed by atoms with Crippen LogP contribution in [0.1, 0.15) is 11.4 Å². The van der Waals surface area contributed by atoms with E-state index in [9.17, 15) is 4.79 Å². The molecule has 7 heteroatoms. The van der Waals surface area contributed by atoms with Gasteiger partial charge < -0.3 is 14.5 Å². The lowest BCUT2D eigenvalue weighted by Crippen LogP contribution is -2.04. The largest absolute Gasteiger partial charge is 0.469 e. The molecule has 0 fully saturated rings. The van der Waals surface area contributed by atoms with Gasteiger partial charge in [0.05, 0.1) is 33.5 Å². The number of H-pyrrole nitrogens is 1. The first-order valence-corrected chi connectivity index (χ1v) is 8.74. The third-order valence-corrected chi connectivity index (χ3v) is 4.60. The molecule has 0 spiro atoms. The standard InChI is InChI=1S/C17H14Br2N2O3/c1-9-20-14-4-3-11(8-15(14)21-9)24-17-12(18)5-10(6-13(17)19)7-16(22)23-2/h3-6,8H,7H2,1-2H3,(H,20,21). The zero-order chi connectivity index (χ0) is 17.3. The smallest absolute Gasteiger partial charge is 0.309 e. The summed E-state index contributed by atoms with van der Waals surface area (Å²) < 4.78 is 12.2. The van der Waals surface area contributed by atoms with Crippen molar-refractivity contribution in [1.82, 2.24) is 9.97 Å². The van der Waals surface area contributed by atoms with Gasteiger partial charge in [0.15, 0.2) is 5.75 Å². The third kappa shape index (κ3) is 3.62. The maximum Gasteiger partial charge on any atom is 0.309 e. The molecule has 0 aliphatic rings. The molecule has 0 aliphatic carbocycles. The zero-order valence-electron chi connectivity index (χ0n) is 13.0. The summed E-state index contributed by atoms with van der Waals surface area (Å²) in [4.78, 5) is 19.0. The number of hydrogen-bond donors (Lipinski definition) is 1. The van der Waals surface area contributed by atoms with Crippen molar-refractivity contribution in [3.05, 3.63) is 50.7 Å². The average Bonchev–Trinajstić information content (AvgIpc) is 2.90. The molecule has 0 radical (unpaired) electrons. The predicted molar refractivity (Wildman–Crippen MR) is 98.5 cm³/mol. The van der Waals surface area contributed by atoms with Crippen molar-refractivity contribution in [1.29, 1.82) is 0 Å². The van der Waals surface area contributed by atoms with Crippen molar-refractivity contribution in [2.75, 3.05) is 7.11 Å². The van der Waals surface area contributed by atoms with E-state index in [1.165, 1.54) is 7.11 Å². The Bertz CT molecular complexity index is 898. The van der Waals surface area contributed by atoms with Gasteiger partial charge in [-0.15, -0.1) is 0 Å². The van der Waals surface area contributed by atoms with Gasteiger partial charge >= 0.3 is 5.97 Å². The van der Waals surface area contributed by atoms with Gasteiger partial charge in [-0.1, -0.05) is 0 Å². The molecule has 0 bridgehead atoms. The van der Waals surface area contributed by atoms with E-state index in [2.05, 4.69) is 41.8 Å². The van der Waals surface area contributed by atoms with Crippen LogP contribution in [0.4, 0.5) is 0 Å². The zero-order valence-corrected chi connectivity index (χ0v) is 16.2. The van der Waals surface area contributed by atoms with Gasteiger partial charge in [0.1, 0.15) is 11.6 Å². The molecule has 3 rings (SSSR count). The number of esters is 1. The van der Waals surface area contributed by atoms with E-state index in [1.54, 1.807) is 0 Å². The van der Waals surface area contributed by atoms with Crippen LogP contribution in [0, 0.1) is 6.92 Å². The van der Waals surface area contributed by atoms with E-state index in [-0.39, 0.29) is 12.4 Å². The summed E-state index contributed by atoms with van der Waals surface area (Å²) in [5.41, 5.74) is 2.64. The molecule has 0 unspecified atom stereocenters. The van der Waals surface area contributed by atoms with Gasteiger partial charge in [0.25, 0.3) is 0 Å². The first-order chi connectivity index (χ1) is 11.5. The molecule has 2 aromatic carbocycles. The monoisotopic (exact) mass is 452 g/mol. The van der Waals surface area contributed by atoms with Crippen LogP contribution >= 0.6 is 31.9 Å². The first kappa shape index (κ1) is 17.0. The van der Waals surface area contributed by atoms with E-state index in [1.807, 2.05) is 37.3 Å². The van der Waals surface area contributed by atoms with Crippen LogP contribution in [-0.4, -0.2) is 23.0 Å². The summed E-state index contributed by atoms with van der Waals surface area (Å²) in [6.45, 7) is 1.91. The van der Waals surface area contributed by atoms with Crippen LogP contribution in [0.3, 0.4) is 0 Å². The molecule has 0 atom stereocenters. The van der Waals surface area contributed by atoms with Gasteiger partial charge in [-0.25, -0.2) is 4.98 Å². The van der Waals surface area contributed by atoms with Crippen LogP contribution < -0.4 is 4.74 Å². The number of hydrogen-bond acceptors (Lipinski definition) is 4. The summed E-state index contributed by atoms with van der Waals surface area (Å²) in [5, 5.41) is 0. The van der Waals surface area contributed by atoms with Crippen LogP contribution in [0.15, 0.2) is 39.3 Å². The topological polar surface area (TPSA) is 64.2 Å². The maximum absolute atomic E-state index is 11.4. The second-order valence-corrected chi connectivity index (χ2v) is 6.95. The fourth-order valence-corrected chi connectivity index (χ4v) is 3.79. The number of rotatable bonds is 4. The molecule has 5 nitrogen and oxygen atoms in total. The highest BCUT2D eigenvalue weighted by Gasteiger charge is 2.13. The van der Waals surface area contributed by atoms with Crippen LogP contribution in [0.2, 0.25) is 0 Å². The summed E-state index contributed by atoms with van der Waals surface area (Å²) in [5.74, 6) is 1.90. The minimum atomic E-state index is -0.289. The van der Waals surface area contributed by atoms with Crippen molar-refractivity contribution in [2.24, 2.45) is 0 Å². The summed E-state index contributed by atoms with van der Waals surface area (Å²) in [6.07, 6.45) is 0.202. The Morgan fingerprint density at radius 3 is 2.58 bits per heavy atom. The number of benzene rings is 2. The minimum absolute atomic E-state index is 0.202. The molecule has 0 amide bonds. The maximum atomic E-state index is 11.4. The molecule has 3 aromatic rings. The number of methoxy groups -OCH3 is 1. The first-order valence-electron chi connectivity index (χ1n) is 7.15. The average molecular weight is 454 g/mol. The van der Waals surface area contributed by atoms with E-state index in [0.717, 1.165) is 31.4 Å². The lowest BCUT2D eigenvalue weighted by atomic mass is 10.1. The molecule has 0 saturated heterocycles. The number of ether oxygens (including phenoxy) is 2. The van der Waals surface area contributed by atoms with E-state index < -0.39 is 0 Å². The number of nitrogens with zero attached hydrogens (tertiary/aromatic N) is 1. The summed E-state index contributed by atoms with van der Waals surface area (Å²) >= 11 is 6.99. The Morgan fingerprint density at radius 1 is 1.21 bits per heavy atom. The minimum Gasteiger partial charge on any atom is -0.469 e. The molecule has 1 aromatic heterocycles. The highest BCUT2D eigenvalue weighted by atomic mass is 79.9. The number of carbonyl (C=O) groups is 1. The second kappa shape index (κ2) is 6.94. The summed E-state index contributed by atoms with van der Waals surface area (Å²) in [6, 6.07) is 9.35. The molecule has 124 valence electrons. The van der Waals surface area contributed by atoms with Crippen LogP contribution in [0.5, 0.6) is 11.5 Å².